The Hall–Kier alpha value is -2.47. The summed E-state index contributed by atoms with van der Waals surface area (Å²) in [7, 11) is 1.75. The Balaban J connectivity index is 1.59. The first-order valence-corrected chi connectivity index (χ1v) is 9.34. The van der Waals surface area contributed by atoms with E-state index in [0.29, 0.717) is 16.7 Å². The molecule has 6 heteroatoms. The number of aromatic nitrogens is 2. The first-order valence-electron chi connectivity index (χ1n) is 8.46. The number of nitrogens with one attached hydrogen (secondary N) is 1. The Kier molecular flexibility index (Phi) is 4.13. The molecule has 0 bridgehead atoms. The van der Waals surface area contributed by atoms with Crippen molar-refractivity contribution in [3.05, 3.63) is 61.8 Å². The summed E-state index contributed by atoms with van der Waals surface area (Å²) in [5.41, 5.74) is 2.50. The molecule has 3 aromatic rings. The molecule has 1 aliphatic carbocycles. The van der Waals surface area contributed by atoms with Gasteiger partial charge in [-0.05, 0) is 43.4 Å². The lowest BCUT2D eigenvalue weighted by Gasteiger charge is -2.18. The van der Waals surface area contributed by atoms with Gasteiger partial charge in [-0.2, -0.15) is 0 Å². The lowest BCUT2D eigenvalue weighted by atomic mass is 9.95. The van der Waals surface area contributed by atoms with Crippen LogP contribution in [0.1, 0.15) is 39.5 Å². The van der Waals surface area contributed by atoms with Crippen molar-refractivity contribution in [2.75, 3.05) is 7.05 Å². The molecule has 1 N–H and O–H groups in total. The number of aromatic amines is 1. The van der Waals surface area contributed by atoms with Crippen molar-refractivity contribution in [2.24, 2.45) is 0 Å². The number of thiophene rings is 1. The molecular formula is C19H19N3O2S. The fraction of sp³-hybridized carbons (Fsp3) is 0.316. The number of carbonyl (C=O) groups is 1. The van der Waals surface area contributed by atoms with Crippen molar-refractivity contribution in [1.82, 2.24) is 14.9 Å². The Morgan fingerprint density at radius 3 is 2.96 bits per heavy atom. The highest BCUT2D eigenvalue weighted by molar-refractivity contribution is 7.10. The molecule has 0 saturated carbocycles. The summed E-state index contributed by atoms with van der Waals surface area (Å²) < 4.78 is 0. The van der Waals surface area contributed by atoms with Crippen molar-refractivity contribution < 1.29 is 4.79 Å². The van der Waals surface area contributed by atoms with Crippen molar-refractivity contribution in [3.8, 4) is 0 Å². The summed E-state index contributed by atoms with van der Waals surface area (Å²) in [4.78, 5) is 35.3. The van der Waals surface area contributed by atoms with E-state index in [1.54, 1.807) is 29.4 Å². The van der Waals surface area contributed by atoms with E-state index in [0.717, 1.165) is 24.8 Å². The second-order valence-electron chi connectivity index (χ2n) is 6.45. The largest absolute Gasteiger partial charge is 0.334 e. The van der Waals surface area contributed by atoms with Gasteiger partial charge in [0.05, 0.1) is 23.0 Å². The molecule has 1 aliphatic rings. The van der Waals surface area contributed by atoms with Gasteiger partial charge in [-0.3, -0.25) is 9.59 Å². The van der Waals surface area contributed by atoms with Gasteiger partial charge in [0.25, 0.3) is 11.5 Å². The minimum absolute atomic E-state index is 0.00444. The molecule has 0 fully saturated rings. The monoisotopic (exact) mass is 353 g/mol. The molecule has 1 aromatic carbocycles. The van der Waals surface area contributed by atoms with Gasteiger partial charge in [-0.25, -0.2) is 4.98 Å². The third-order valence-corrected chi connectivity index (χ3v) is 5.78. The number of fused-ring (bicyclic) bond motifs is 2. The fourth-order valence-corrected chi connectivity index (χ4v) is 4.50. The Morgan fingerprint density at radius 1 is 1.28 bits per heavy atom. The van der Waals surface area contributed by atoms with Gasteiger partial charge in [-0.1, -0.05) is 12.1 Å². The quantitative estimate of drug-likeness (QED) is 0.787. The number of rotatable bonds is 3. The van der Waals surface area contributed by atoms with E-state index in [2.05, 4.69) is 9.97 Å². The lowest BCUT2D eigenvalue weighted by Crippen LogP contribution is -2.29. The van der Waals surface area contributed by atoms with E-state index in [1.165, 1.54) is 16.9 Å². The number of carbonyl (C=O) groups excluding carboxylic acids is 1. The number of hydrogen-bond donors (Lipinski definition) is 1. The van der Waals surface area contributed by atoms with Crippen LogP contribution in [0.5, 0.6) is 0 Å². The normalized spacial score (nSPS) is 13.6. The number of amides is 1. The average molecular weight is 353 g/mol. The molecular weight excluding hydrogens is 334 g/mol. The number of nitrogens with zero attached hydrogens (tertiary/aromatic N) is 2. The molecule has 0 unspecified atom stereocenters. The highest BCUT2D eigenvalue weighted by atomic mass is 32.1. The second kappa shape index (κ2) is 6.44. The summed E-state index contributed by atoms with van der Waals surface area (Å²) in [6.45, 7) is 0.281. The van der Waals surface area contributed by atoms with E-state index >= 15 is 0 Å². The smallest absolute Gasteiger partial charge is 0.258 e. The van der Waals surface area contributed by atoms with E-state index in [4.69, 9.17) is 0 Å². The molecule has 2 heterocycles. The predicted octanol–water partition coefficient (Wildman–Crippen LogP) is 3.14. The van der Waals surface area contributed by atoms with Crippen LogP contribution >= 0.6 is 11.3 Å². The van der Waals surface area contributed by atoms with Gasteiger partial charge in [0.1, 0.15) is 5.82 Å². The van der Waals surface area contributed by atoms with Gasteiger partial charge in [0, 0.05) is 17.3 Å². The van der Waals surface area contributed by atoms with Crippen LogP contribution in [-0.4, -0.2) is 27.8 Å². The first-order chi connectivity index (χ1) is 12.1. The van der Waals surface area contributed by atoms with Crippen LogP contribution < -0.4 is 5.56 Å². The van der Waals surface area contributed by atoms with E-state index < -0.39 is 0 Å². The number of hydrogen-bond acceptors (Lipinski definition) is 4. The summed E-state index contributed by atoms with van der Waals surface area (Å²) in [5, 5.41) is 2.54. The second-order valence-corrected chi connectivity index (χ2v) is 7.41. The molecule has 25 heavy (non-hydrogen) atoms. The van der Waals surface area contributed by atoms with Crippen LogP contribution in [0.4, 0.5) is 0 Å². The third-order valence-electron chi connectivity index (χ3n) is 4.69. The highest BCUT2D eigenvalue weighted by Gasteiger charge is 2.22. The predicted molar refractivity (Wildman–Crippen MR) is 99.1 cm³/mol. The lowest BCUT2D eigenvalue weighted by molar-refractivity contribution is 0.0781. The third kappa shape index (κ3) is 2.98. The molecule has 0 saturated heterocycles. The molecule has 2 aromatic heterocycles. The first kappa shape index (κ1) is 16.0. The van der Waals surface area contributed by atoms with Crippen molar-refractivity contribution in [1.29, 1.82) is 0 Å². The SMILES string of the molecule is CN(Cc1nc2ccccc2c(=O)[nH]1)C(=O)c1csc2c1CCCC2. The Bertz CT molecular complexity index is 1010. The van der Waals surface area contributed by atoms with Crippen LogP contribution in [0.25, 0.3) is 10.9 Å². The Morgan fingerprint density at radius 2 is 2.08 bits per heavy atom. The van der Waals surface area contributed by atoms with Gasteiger partial charge in [-0.15, -0.1) is 11.3 Å². The summed E-state index contributed by atoms with van der Waals surface area (Å²) in [6, 6.07) is 7.22. The average Bonchev–Trinajstić information content (AvgIpc) is 3.05. The molecule has 0 spiro atoms. The molecule has 0 radical (unpaired) electrons. The van der Waals surface area contributed by atoms with Crippen LogP contribution in [0.2, 0.25) is 0 Å². The number of aryl methyl sites for hydroxylation is 1. The molecule has 1 amide bonds. The van der Waals surface area contributed by atoms with E-state index in [1.807, 2.05) is 23.6 Å². The topological polar surface area (TPSA) is 66.1 Å². The zero-order valence-corrected chi connectivity index (χ0v) is 14.9. The van der Waals surface area contributed by atoms with Crippen LogP contribution in [0.15, 0.2) is 34.4 Å². The number of benzene rings is 1. The molecule has 5 nitrogen and oxygen atoms in total. The van der Waals surface area contributed by atoms with Gasteiger partial charge in [0.15, 0.2) is 0 Å². The summed E-state index contributed by atoms with van der Waals surface area (Å²) >= 11 is 1.69. The zero-order chi connectivity index (χ0) is 17.4. The van der Waals surface area contributed by atoms with Crippen LogP contribution in [0.3, 0.4) is 0 Å². The molecule has 0 aliphatic heterocycles. The molecule has 128 valence electrons. The van der Waals surface area contributed by atoms with Crippen molar-refractivity contribution >= 4 is 28.1 Å². The summed E-state index contributed by atoms with van der Waals surface area (Å²) in [5.74, 6) is 0.499. The maximum Gasteiger partial charge on any atom is 0.258 e. The fourth-order valence-electron chi connectivity index (χ4n) is 3.39. The maximum atomic E-state index is 12.8. The van der Waals surface area contributed by atoms with Crippen LogP contribution in [-0.2, 0) is 19.4 Å². The van der Waals surface area contributed by atoms with Gasteiger partial charge in [0.2, 0.25) is 0 Å². The standard InChI is InChI=1S/C19H19N3O2S/c1-22(19(24)14-11-25-16-9-5-3-6-12(14)16)10-17-20-15-8-4-2-7-13(15)18(23)21-17/h2,4,7-8,11H,3,5-6,9-10H2,1H3,(H,20,21,23). The van der Waals surface area contributed by atoms with E-state index in [9.17, 15) is 9.59 Å². The minimum atomic E-state index is -0.172. The highest BCUT2D eigenvalue weighted by Crippen LogP contribution is 2.30. The zero-order valence-electron chi connectivity index (χ0n) is 14.0. The Labute approximate surface area is 149 Å². The number of para-hydroxylation sites is 1. The number of H-pyrrole nitrogens is 1. The molecule has 0 atom stereocenters. The van der Waals surface area contributed by atoms with E-state index in [-0.39, 0.29) is 18.0 Å². The van der Waals surface area contributed by atoms with Gasteiger partial charge >= 0.3 is 0 Å². The maximum absolute atomic E-state index is 12.8. The molecule has 4 rings (SSSR count). The minimum Gasteiger partial charge on any atom is -0.334 e. The summed E-state index contributed by atoms with van der Waals surface area (Å²) in [6.07, 6.45) is 4.42. The van der Waals surface area contributed by atoms with Crippen molar-refractivity contribution in [3.63, 3.8) is 0 Å². The van der Waals surface area contributed by atoms with Crippen molar-refractivity contribution in [2.45, 2.75) is 32.2 Å². The van der Waals surface area contributed by atoms with Gasteiger partial charge < -0.3 is 9.88 Å². The van der Waals surface area contributed by atoms with Crippen LogP contribution in [0, 0.1) is 0 Å².